The molecule has 0 saturated heterocycles. The molecule has 0 N–H and O–H groups in total. The second-order valence-corrected chi connectivity index (χ2v) is 4.89. The fraction of sp³-hybridized carbons (Fsp3) is 1.00. The van der Waals surface area contributed by atoms with Crippen molar-refractivity contribution in [3.8, 4) is 0 Å². The molecule has 0 rings (SSSR count). The van der Waals surface area contributed by atoms with Crippen molar-refractivity contribution in [1.29, 1.82) is 0 Å². The number of hydrogen-bond acceptors (Lipinski definition) is 2. The van der Waals surface area contributed by atoms with Crippen molar-refractivity contribution < 1.29 is 0 Å². The van der Waals surface area contributed by atoms with Crippen molar-refractivity contribution in [1.82, 2.24) is 0 Å². The minimum absolute atomic E-state index is 0.388. The number of thiol groups is 1. The van der Waals surface area contributed by atoms with E-state index in [1.807, 2.05) is 0 Å². The zero-order chi connectivity index (χ0) is 9.45. The highest BCUT2D eigenvalue weighted by Gasteiger charge is 2.26. The summed E-state index contributed by atoms with van der Waals surface area (Å²) < 4.78 is 0. The molecule has 0 aliphatic heterocycles. The Morgan fingerprint density at radius 2 is 1.75 bits per heavy atom. The van der Waals surface area contributed by atoms with E-state index >= 15 is 0 Å². The average Bonchev–Trinajstić information content (AvgIpc) is 2.06. The monoisotopic (exact) mass is 226 g/mol. The van der Waals surface area contributed by atoms with Crippen molar-refractivity contribution in [2.45, 2.75) is 39.5 Å². The minimum atomic E-state index is 0.388. The predicted molar refractivity (Wildman–Crippen MR) is 64.4 cm³/mol. The van der Waals surface area contributed by atoms with Gasteiger partial charge in [-0.1, -0.05) is 37.7 Å². The molecule has 0 unspecified atom stereocenters. The Bertz CT molecular complexity index is 89.7. The number of hydrogen-bond donors (Lipinski definition) is 1. The molecule has 0 aromatic rings. The molecular formula is C9H19ClS2. The predicted octanol–water partition coefficient (Wildman–Crippen LogP) is 4.39. The highest BCUT2D eigenvalue weighted by atomic mass is 35.7. The van der Waals surface area contributed by atoms with Crippen LogP contribution in [-0.2, 0) is 0 Å². The van der Waals surface area contributed by atoms with E-state index in [1.165, 1.54) is 36.7 Å². The van der Waals surface area contributed by atoms with Crippen LogP contribution in [0.4, 0.5) is 0 Å². The topological polar surface area (TPSA) is 0 Å². The zero-order valence-electron chi connectivity index (χ0n) is 7.98. The molecule has 0 radical (unpaired) electrons. The van der Waals surface area contributed by atoms with Crippen LogP contribution < -0.4 is 0 Å². The molecule has 0 aromatic carbocycles. The minimum Gasteiger partial charge on any atom is -0.179 e. The summed E-state index contributed by atoms with van der Waals surface area (Å²) in [5.41, 5.74) is 0.388. The van der Waals surface area contributed by atoms with Gasteiger partial charge in [0.1, 0.15) is 0 Å². The van der Waals surface area contributed by atoms with E-state index in [-0.39, 0.29) is 0 Å². The Balaban J connectivity index is 4.06. The molecule has 0 aliphatic rings. The fourth-order valence-electron chi connectivity index (χ4n) is 1.65. The second kappa shape index (κ2) is 7.40. The van der Waals surface area contributed by atoms with Gasteiger partial charge in [-0.15, -0.1) is 0 Å². The maximum Gasteiger partial charge on any atom is 0.0150 e. The molecule has 0 amide bonds. The molecule has 0 heterocycles. The summed E-state index contributed by atoms with van der Waals surface area (Å²) in [6.45, 7) is 4.46. The third kappa shape index (κ3) is 4.29. The molecule has 0 aromatic heterocycles. The van der Waals surface area contributed by atoms with Crippen LogP contribution in [0.25, 0.3) is 0 Å². The smallest absolute Gasteiger partial charge is 0.0150 e. The van der Waals surface area contributed by atoms with Crippen molar-refractivity contribution in [2.24, 2.45) is 5.41 Å². The Morgan fingerprint density at radius 1 is 1.25 bits per heavy atom. The summed E-state index contributed by atoms with van der Waals surface area (Å²) in [6, 6.07) is 0. The van der Waals surface area contributed by atoms with Crippen LogP contribution in [-0.4, -0.2) is 11.5 Å². The average molecular weight is 227 g/mol. The van der Waals surface area contributed by atoms with Gasteiger partial charge in [-0.25, -0.2) is 0 Å². The van der Waals surface area contributed by atoms with E-state index in [9.17, 15) is 0 Å². The lowest BCUT2D eigenvalue weighted by Crippen LogP contribution is -2.25. The Kier molecular flexibility index (Phi) is 8.01. The first-order valence-electron chi connectivity index (χ1n) is 4.59. The number of halogens is 1. The molecule has 0 nitrogen and oxygen atoms in total. The maximum absolute atomic E-state index is 5.72. The van der Waals surface area contributed by atoms with E-state index in [0.717, 1.165) is 11.5 Å². The lowest BCUT2D eigenvalue weighted by atomic mass is 9.83. The van der Waals surface area contributed by atoms with Crippen LogP contribution in [0.3, 0.4) is 0 Å². The van der Waals surface area contributed by atoms with Gasteiger partial charge in [0.25, 0.3) is 0 Å². The van der Waals surface area contributed by atoms with Crippen LogP contribution >= 0.6 is 34.3 Å². The molecule has 0 aliphatic carbocycles. The Labute approximate surface area is 90.7 Å². The molecule has 0 atom stereocenters. The summed E-state index contributed by atoms with van der Waals surface area (Å²) in [6.07, 6.45) is 4.98. The van der Waals surface area contributed by atoms with Gasteiger partial charge >= 0.3 is 0 Å². The van der Waals surface area contributed by atoms with Gasteiger partial charge in [-0.05, 0) is 34.7 Å². The van der Waals surface area contributed by atoms with E-state index in [1.54, 1.807) is 0 Å². The largest absolute Gasteiger partial charge is 0.179 e. The SMILES string of the molecule is CCCC(CS)(CCC)CSCl. The molecule has 0 bridgehead atoms. The third-order valence-electron chi connectivity index (χ3n) is 2.26. The van der Waals surface area contributed by atoms with Gasteiger partial charge in [-0.3, -0.25) is 0 Å². The highest BCUT2D eigenvalue weighted by molar-refractivity contribution is 8.21. The first kappa shape index (κ1) is 13.0. The summed E-state index contributed by atoms with van der Waals surface area (Å²) in [7, 11) is 7.16. The lowest BCUT2D eigenvalue weighted by molar-refractivity contribution is 0.319. The fourth-order valence-corrected chi connectivity index (χ4v) is 3.55. The van der Waals surface area contributed by atoms with Crippen molar-refractivity contribution in [3.05, 3.63) is 0 Å². The van der Waals surface area contributed by atoms with E-state index in [0.29, 0.717) is 5.41 Å². The molecule has 74 valence electrons. The molecule has 0 saturated carbocycles. The molecule has 0 spiro atoms. The third-order valence-corrected chi connectivity index (χ3v) is 3.98. The van der Waals surface area contributed by atoms with Crippen molar-refractivity contribution in [2.75, 3.05) is 11.5 Å². The second-order valence-electron chi connectivity index (χ2n) is 3.41. The quantitative estimate of drug-likeness (QED) is 0.629. The van der Waals surface area contributed by atoms with Crippen molar-refractivity contribution in [3.63, 3.8) is 0 Å². The van der Waals surface area contributed by atoms with Crippen LogP contribution in [0.2, 0.25) is 0 Å². The summed E-state index contributed by atoms with van der Waals surface area (Å²) >= 11 is 4.43. The Morgan fingerprint density at radius 3 is 2.00 bits per heavy atom. The van der Waals surface area contributed by atoms with Crippen LogP contribution in [0.1, 0.15) is 39.5 Å². The zero-order valence-corrected chi connectivity index (χ0v) is 10.4. The molecule has 3 heteroatoms. The lowest BCUT2D eigenvalue weighted by Gasteiger charge is -2.30. The summed E-state index contributed by atoms with van der Waals surface area (Å²) in [4.78, 5) is 0. The van der Waals surface area contributed by atoms with Gasteiger partial charge in [-0.2, -0.15) is 12.6 Å². The van der Waals surface area contributed by atoms with E-state index in [4.69, 9.17) is 10.7 Å². The van der Waals surface area contributed by atoms with Crippen LogP contribution in [0.5, 0.6) is 0 Å². The van der Waals surface area contributed by atoms with Crippen LogP contribution in [0, 0.1) is 5.41 Å². The van der Waals surface area contributed by atoms with Crippen LogP contribution in [0.15, 0.2) is 0 Å². The molecule has 12 heavy (non-hydrogen) atoms. The first-order chi connectivity index (χ1) is 5.74. The van der Waals surface area contributed by atoms with E-state index in [2.05, 4.69) is 26.5 Å². The summed E-state index contributed by atoms with van der Waals surface area (Å²) in [5, 5.41) is 0. The first-order valence-corrected chi connectivity index (χ1v) is 7.03. The van der Waals surface area contributed by atoms with Gasteiger partial charge in [0, 0.05) is 5.75 Å². The van der Waals surface area contributed by atoms with Crippen molar-refractivity contribution >= 4 is 34.3 Å². The van der Waals surface area contributed by atoms with Gasteiger partial charge in [0.05, 0.1) is 0 Å². The van der Waals surface area contributed by atoms with Gasteiger partial charge in [0.2, 0.25) is 0 Å². The molecular weight excluding hydrogens is 208 g/mol. The Hall–Kier alpha value is 0.990. The number of rotatable bonds is 7. The van der Waals surface area contributed by atoms with Gasteiger partial charge in [0.15, 0.2) is 0 Å². The standard InChI is InChI=1S/C9H19ClS2/c1-3-5-9(7-11,6-4-2)8-12-10/h11H,3-8H2,1-2H3. The van der Waals surface area contributed by atoms with E-state index < -0.39 is 0 Å². The highest BCUT2D eigenvalue weighted by Crippen LogP contribution is 2.35. The summed E-state index contributed by atoms with van der Waals surface area (Å²) in [5.74, 6) is 2.01. The normalized spacial score (nSPS) is 12.0. The molecule has 0 fully saturated rings. The maximum atomic E-state index is 5.72. The van der Waals surface area contributed by atoms with Gasteiger partial charge < -0.3 is 0 Å².